The van der Waals surface area contributed by atoms with E-state index in [4.69, 9.17) is 4.74 Å². The van der Waals surface area contributed by atoms with Gasteiger partial charge in [-0.1, -0.05) is 6.92 Å². The first-order valence-corrected chi connectivity index (χ1v) is 6.50. The zero-order valence-electron chi connectivity index (χ0n) is 11.9. The molecule has 0 aromatic carbocycles. The quantitative estimate of drug-likeness (QED) is 0.895. The predicted octanol–water partition coefficient (Wildman–Crippen LogP) is 2.48. The third-order valence-electron chi connectivity index (χ3n) is 3.13. The highest BCUT2D eigenvalue weighted by Gasteiger charge is 2.12. The Morgan fingerprint density at radius 3 is 2.79 bits per heavy atom. The van der Waals surface area contributed by atoms with Crippen molar-refractivity contribution in [2.75, 3.05) is 19.0 Å². The largest absolute Gasteiger partial charge is 0.383 e. The van der Waals surface area contributed by atoms with Crippen LogP contribution in [-0.2, 0) is 4.74 Å². The Labute approximate surface area is 113 Å². The Hall–Kier alpha value is -1.75. The van der Waals surface area contributed by atoms with E-state index >= 15 is 0 Å². The van der Waals surface area contributed by atoms with Crippen LogP contribution in [0.1, 0.15) is 24.6 Å². The molecule has 0 bridgehead atoms. The van der Waals surface area contributed by atoms with E-state index in [-0.39, 0.29) is 6.04 Å². The Morgan fingerprint density at radius 2 is 2.11 bits per heavy atom. The summed E-state index contributed by atoms with van der Waals surface area (Å²) in [7, 11) is 1.71. The second-order valence-corrected chi connectivity index (χ2v) is 4.71. The van der Waals surface area contributed by atoms with Gasteiger partial charge in [0.25, 0.3) is 0 Å². The first-order valence-electron chi connectivity index (χ1n) is 6.50. The van der Waals surface area contributed by atoms with Crippen molar-refractivity contribution >= 4 is 16.9 Å². The van der Waals surface area contributed by atoms with Gasteiger partial charge in [-0.15, -0.1) is 0 Å². The van der Waals surface area contributed by atoms with Crippen LogP contribution < -0.4 is 5.32 Å². The van der Waals surface area contributed by atoms with Crippen molar-refractivity contribution < 1.29 is 4.74 Å². The molecule has 2 rings (SSSR count). The maximum absolute atomic E-state index is 5.21. The van der Waals surface area contributed by atoms with Gasteiger partial charge in [-0.3, -0.25) is 0 Å². The molecule has 0 unspecified atom stereocenters. The Balaban J connectivity index is 2.43. The van der Waals surface area contributed by atoms with E-state index in [0.717, 1.165) is 34.5 Å². The average Bonchev–Trinajstić information content (AvgIpc) is 2.37. The predicted molar refractivity (Wildman–Crippen MR) is 76.4 cm³/mol. The fourth-order valence-electron chi connectivity index (χ4n) is 2.17. The van der Waals surface area contributed by atoms with Gasteiger partial charge in [0.05, 0.1) is 18.0 Å². The van der Waals surface area contributed by atoms with Crippen LogP contribution in [0.15, 0.2) is 12.4 Å². The summed E-state index contributed by atoms with van der Waals surface area (Å²) in [5.41, 5.74) is 2.85. The maximum Gasteiger partial charge on any atom is 0.165 e. The van der Waals surface area contributed by atoms with Crippen molar-refractivity contribution in [1.82, 2.24) is 15.0 Å². The highest BCUT2D eigenvalue weighted by Crippen LogP contribution is 2.23. The summed E-state index contributed by atoms with van der Waals surface area (Å²) >= 11 is 0. The van der Waals surface area contributed by atoms with Crippen LogP contribution in [-0.4, -0.2) is 34.7 Å². The summed E-state index contributed by atoms with van der Waals surface area (Å²) in [5, 5.41) is 4.41. The van der Waals surface area contributed by atoms with Crippen molar-refractivity contribution in [1.29, 1.82) is 0 Å². The van der Waals surface area contributed by atoms with Gasteiger partial charge in [0.1, 0.15) is 12.1 Å². The Morgan fingerprint density at radius 1 is 1.32 bits per heavy atom. The smallest absolute Gasteiger partial charge is 0.165 e. The number of nitrogens with zero attached hydrogens (tertiary/aromatic N) is 3. The summed E-state index contributed by atoms with van der Waals surface area (Å²) in [4.78, 5) is 13.1. The minimum absolute atomic E-state index is 0.240. The molecular formula is C14H20N4O. The summed E-state index contributed by atoms with van der Waals surface area (Å²) < 4.78 is 5.21. The van der Waals surface area contributed by atoms with Crippen LogP contribution in [0.2, 0.25) is 0 Å². The molecule has 0 saturated heterocycles. The van der Waals surface area contributed by atoms with Crippen molar-refractivity contribution in [2.45, 2.75) is 33.2 Å². The maximum atomic E-state index is 5.21. The van der Waals surface area contributed by atoms with E-state index in [2.05, 4.69) is 34.1 Å². The standard InChI is InChI=1S/C14H20N4O/c1-5-11(7-19-4)18-14-12-9(2)6-10(3)17-13(12)15-8-16-14/h6,8,11H,5,7H2,1-4H3,(H,15,16,17,18)/t11-/m1/s1. The molecule has 0 radical (unpaired) electrons. The minimum atomic E-state index is 0.240. The van der Waals surface area contributed by atoms with Crippen molar-refractivity contribution in [3.05, 3.63) is 23.7 Å². The van der Waals surface area contributed by atoms with Crippen LogP contribution in [0.5, 0.6) is 0 Å². The van der Waals surface area contributed by atoms with Crippen LogP contribution >= 0.6 is 0 Å². The molecule has 2 heterocycles. The van der Waals surface area contributed by atoms with Gasteiger partial charge in [0.15, 0.2) is 5.65 Å². The van der Waals surface area contributed by atoms with Crippen LogP contribution in [0, 0.1) is 13.8 Å². The molecule has 0 amide bonds. The molecule has 0 saturated carbocycles. The molecule has 1 N–H and O–H groups in total. The third kappa shape index (κ3) is 2.98. The molecular weight excluding hydrogens is 240 g/mol. The molecule has 19 heavy (non-hydrogen) atoms. The molecule has 2 aromatic heterocycles. The lowest BCUT2D eigenvalue weighted by atomic mass is 10.1. The number of fused-ring (bicyclic) bond motifs is 1. The normalized spacial score (nSPS) is 12.6. The summed E-state index contributed by atoms with van der Waals surface area (Å²) in [6.07, 6.45) is 2.52. The molecule has 0 aliphatic rings. The fraction of sp³-hybridized carbons (Fsp3) is 0.500. The number of methoxy groups -OCH3 is 1. The van der Waals surface area contributed by atoms with E-state index in [0.29, 0.717) is 6.61 Å². The van der Waals surface area contributed by atoms with Gasteiger partial charge in [-0.2, -0.15) is 0 Å². The summed E-state index contributed by atoms with van der Waals surface area (Å²) in [6.45, 7) is 6.81. The van der Waals surface area contributed by atoms with Gasteiger partial charge >= 0.3 is 0 Å². The van der Waals surface area contributed by atoms with E-state index in [9.17, 15) is 0 Å². The van der Waals surface area contributed by atoms with Gasteiger partial charge in [0.2, 0.25) is 0 Å². The third-order valence-corrected chi connectivity index (χ3v) is 3.13. The second kappa shape index (κ2) is 5.93. The number of rotatable bonds is 5. The van der Waals surface area contributed by atoms with Gasteiger partial charge < -0.3 is 10.1 Å². The number of ether oxygens (including phenoxy) is 1. The molecule has 5 heteroatoms. The molecule has 102 valence electrons. The second-order valence-electron chi connectivity index (χ2n) is 4.71. The van der Waals surface area contributed by atoms with E-state index < -0.39 is 0 Å². The fourth-order valence-corrected chi connectivity index (χ4v) is 2.17. The lowest BCUT2D eigenvalue weighted by Crippen LogP contribution is -2.24. The zero-order chi connectivity index (χ0) is 13.8. The monoisotopic (exact) mass is 260 g/mol. The molecule has 0 spiro atoms. The molecule has 0 fully saturated rings. The zero-order valence-corrected chi connectivity index (χ0v) is 11.9. The summed E-state index contributed by atoms with van der Waals surface area (Å²) in [5.74, 6) is 0.832. The highest BCUT2D eigenvalue weighted by atomic mass is 16.5. The number of pyridine rings is 1. The first-order chi connectivity index (χ1) is 9.15. The molecule has 0 aliphatic carbocycles. The molecule has 2 aromatic rings. The molecule has 5 nitrogen and oxygen atoms in total. The lowest BCUT2D eigenvalue weighted by Gasteiger charge is -2.18. The van der Waals surface area contributed by atoms with Crippen LogP contribution in [0.4, 0.5) is 5.82 Å². The number of hydrogen-bond donors (Lipinski definition) is 1. The van der Waals surface area contributed by atoms with E-state index in [1.807, 2.05) is 13.0 Å². The van der Waals surface area contributed by atoms with Gasteiger partial charge in [-0.25, -0.2) is 15.0 Å². The van der Waals surface area contributed by atoms with Crippen LogP contribution in [0.3, 0.4) is 0 Å². The number of hydrogen-bond acceptors (Lipinski definition) is 5. The van der Waals surface area contributed by atoms with Crippen molar-refractivity contribution in [2.24, 2.45) is 0 Å². The number of aromatic nitrogens is 3. The Bertz CT molecular complexity index is 571. The summed E-state index contributed by atoms with van der Waals surface area (Å²) in [6, 6.07) is 2.29. The SMILES string of the molecule is CC[C@H](COC)Nc1ncnc2nc(C)cc(C)c12. The van der Waals surface area contributed by atoms with E-state index in [1.165, 1.54) is 0 Å². The Kier molecular flexibility index (Phi) is 4.27. The number of anilines is 1. The molecule has 1 atom stereocenters. The van der Waals surface area contributed by atoms with Crippen molar-refractivity contribution in [3.63, 3.8) is 0 Å². The minimum Gasteiger partial charge on any atom is -0.383 e. The number of nitrogens with one attached hydrogen (secondary N) is 1. The first kappa shape index (κ1) is 13.7. The van der Waals surface area contributed by atoms with Gasteiger partial charge in [-0.05, 0) is 31.9 Å². The van der Waals surface area contributed by atoms with Crippen LogP contribution in [0.25, 0.3) is 11.0 Å². The lowest BCUT2D eigenvalue weighted by molar-refractivity contribution is 0.184. The average molecular weight is 260 g/mol. The highest BCUT2D eigenvalue weighted by molar-refractivity contribution is 5.89. The molecule has 0 aliphatic heterocycles. The van der Waals surface area contributed by atoms with Crippen molar-refractivity contribution in [3.8, 4) is 0 Å². The topological polar surface area (TPSA) is 59.9 Å². The van der Waals surface area contributed by atoms with Gasteiger partial charge in [0, 0.05) is 12.8 Å². The van der Waals surface area contributed by atoms with E-state index in [1.54, 1.807) is 13.4 Å². The number of aryl methyl sites for hydroxylation is 2.